The van der Waals surface area contributed by atoms with Crippen molar-refractivity contribution in [2.24, 2.45) is 0 Å². The lowest BCUT2D eigenvalue weighted by Gasteiger charge is -2.19. The van der Waals surface area contributed by atoms with Crippen LogP contribution in [0.1, 0.15) is 17.2 Å². The maximum Gasteiger partial charge on any atom is 0.333 e. The van der Waals surface area contributed by atoms with Crippen molar-refractivity contribution in [1.82, 2.24) is 9.80 Å². The molecule has 1 atom stereocenters. The predicted molar refractivity (Wildman–Crippen MR) is 59.4 cm³/mol. The maximum absolute atomic E-state index is 11.7. The van der Waals surface area contributed by atoms with E-state index in [1.165, 1.54) is 4.90 Å². The minimum Gasteiger partial charge on any atom is -0.318 e. The van der Waals surface area contributed by atoms with Gasteiger partial charge < -0.3 is 4.90 Å². The number of urea groups is 1. The van der Waals surface area contributed by atoms with E-state index < -0.39 is 0 Å². The minimum absolute atomic E-state index is 0.0200. The van der Waals surface area contributed by atoms with Crippen molar-refractivity contribution in [3.05, 3.63) is 35.4 Å². The average Bonchev–Trinajstić information content (AvgIpc) is 2.57. The fraction of sp³-hybridized carbons (Fsp3) is 0.333. The standard InChI is InChI=1S/C12H13N3O/c1-9-5-3-4-6-10(9)11-7-15(8-13)12(16)14(11)2/h3-6,11H,7H2,1-2H3. The molecule has 2 rings (SSSR count). The van der Waals surface area contributed by atoms with E-state index in [1.54, 1.807) is 11.9 Å². The van der Waals surface area contributed by atoms with E-state index in [9.17, 15) is 4.79 Å². The number of nitrogens with zero attached hydrogens (tertiary/aromatic N) is 3. The number of amides is 2. The van der Waals surface area contributed by atoms with Crippen molar-refractivity contribution in [3.8, 4) is 6.19 Å². The van der Waals surface area contributed by atoms with E-state index >= 15 is 0 Å². The number of hydrogen-bond acceptors (Lipinski definition) is 2. The van der Waals surface area contributed by atoms with Gasteiger partial charge in [-0.3, -0.25) is 0 Å². The molecule has 1 aromatic carbocycles. The lowest BCUT2D eigenvalue weighted by Crippen LogP contribution is -2.26. The molecule has 4 heteroatoms. The van der Waals surface area contributed by atoms with E-state index in [0.29, 0.717) is 6.54 Å². The van der Waals surface area contributed by atoms with Crippen LogP contribution in [0.25, 0.3) is 0 Å². The molecule has 0 spiro atoms. The van der Waals surface area contributed by atoms with Crippen molar-refractivity contribution < 1.29 is 4.79 Å². The lowest BCUT2D eigenvalue weighted by molar-refractivity contribution is 0.205. The van der Waals surface area contributed by atoms with E-state index in [4.69, 9.17) is 5.26 Å². The summed E-state index contributed by atoms with van der Waals surface area (Å²) in [5, 5.41) is 8.82. The quantitative estimate of drug-likeness (QED) is 0.671. The Hall–Kier alpha value is -2.02. The largest absolute Gasteiger partial charge is 0.333 e. The number of nitriles is 1. The van der Waals surface area contributed by atoms with Crippen molar-refractivity contribution in [2.45, 2.75) is 13.0 Å². The zero-order valence-corrected chi connectivity index (χ0v) is 9.34. The van der Waals surface area contributed by atoms with E-state index in [2.05, 4.69) is 0 Å². The molecule has 0 aliphatic carbocycles. The molecule has 0 radical (unpaired) electrons. The zero-order valence-electron chi connectivity index (χ0n) is 9.34. The first-order chi connectivity index (χ1) is 7.65. The normalized spacial score (nSPS) is 20.1. The SMILES string of the molecule is Cc1ccccc1C1CN(C#N)C(=O)N1C. The maximum atomic E-state index is 11.7. The summed E-state index contributed by atoms with van der Waals surface area (Å²) in [5.74, 6) is 0. The van der Waals surface area contributed by atoms with Crippen LogP contribution < -0.4 is 0 Å². The molecule has 0 aromatic heterocycles. The first-order valence-electron chi connectivity index (χ1n) is 5.14. The molecular weight excluding hydrogens is 202 g/mol. The Labute approximate surface area is 94.7 Å². The number of likely N-dealkylation sites (N-methyl/N-ethyl adjacent to an activating group) is 1. The van der Waals surface area contributed by atoms with Crippen LogP contribution in [0.3, 0.4) is 0 Å². The molecule has 1 aliphatic rings. The van der Waals surface area contributed by atoms with Gasteiger partial charge in [0, 0.05) is 7.05 Å². The second-order valence-electron chi connectivity index (χ2n) is 3.98. The Kier molecular flexibility index (Phi) is 2.53. The summed E-state index contributed by atoms with van der Waals surface area (Å²) in [4.78, 5) is 14.5. The number of carbonyl (C=O) groups is 1. The van der Waals surface area contributed by atoms with Crippen LogP contribution >= 0.6 is 0 Å². The van der Waals surface area contributed by atoms with E-state index in [1.807, 2.05) is 37.4 Å². The summed E-state index contributed by atoms with van der Waals surface area (Å²) in [6, 6.07) is 7.70. The number of carbonyl (C=O) groups excluding carboxylic acids is 1. The van der Waals surface area contributed by atoms with Crippen LogP contribution in [-0.4, -0.2) is 29.4 Å². The van der Waals surface area contributed by atoms with Gasteiger partial charge in [-0.2, -0.15) is 5.26 Å². The van der Waals surface area contributed by atoms with Gasteiger partial charge in [0.1, 0.15) is 0 Å². The summed E-state index contributed by atoms with van der Waals surface area (Å²) in [6.45, 7) is 2.46. The molecule has 0 saturated carbocycles. The molecule has 1 aliphatic heterocycles. The molecule has 1 heterocycles. The van der Waals surface area contributed by atoms with Crippen molar-refractivity contribution >= 4 is 6.03 Å². The van der Waals surface area contributed by atoms with Crippen LogP contribution in [0, 0.1) is 18.4 Å². The first-order valence-corrected chi connectivity index (χ1v) is 5.14. The third-order valence-corrected chi connectivity index (χ3v) is 3.02. The average molecular weight is 215 g/mol. The topological polar surface area (TPSA) is 47.3 Å². The summed E-state index contributed by atoms with van der Waals surface area (Å²) in [6.07, 6.45) is 1.91. The Morgan fingerprint density at radius 2 is 2.12 bits per heavy atom. The molecule has 1 fully saturated rings. The summed E-state index contributed by atoms with van der Waals surface area (Å²) in [7, 11) is 1.73. The Morgan fingerprint density at radius 3 is 2.69 bits per heavy atom. The zero-order chi connectivity index (χ0) is 11.7. The van der Waals surface area contributed by atoms with Crippen LogP contribution in [0.2, 0.25) is 0 Å². The molecule has 0 N–H and O–H groups in total. The van der Waals surface area contributed by atoms with Gasteiger partial charge in [0.25, 0.3) is 0 Å². The minimum atomic E-state index is -0.226. The number of aryl methyl sites for hydroxylation is 1. The summed E-state index contributed by atoms with van der Waals surface area (Å²) in [5.41, 5.74) is 2.25. The van der Waals surface area contributed by atoms with E-state index in [-0.39, 0.29) is 12.1 Å². The highest BCUT2D eigenvalue weighted by molar-refractivity contribution is 5.78. The fourth-order valence-corrected chi connectivity index (χ4v) is 2.05. The lowest BCUT2D eigenvalue weighted by atomic mass is 10.0. The Balaban J connectivity index is 2.35. The third-order valence-electron chi connectivity index (χ3n) is 3.02. The highest BCUT2D eigenvalue weighted by Gasteiger charge is 2.36. The number of rotatable bonds is 1. The van der Waals surface area contributed by atoms with Gasteiger partial charge in [-0.05, 0) is 18.1 Å². The third kappa shape index (κ3) is 1.50. The van der Waals surface area contributed by atoms with E-state index in [0.717, 1.165) is 11.1 Å². The molecule has 1 unspecified atom stereocenters. The molecule has 1 saturated heterocycles. The Morgan fingerprint density at radius 1 is 1.44 bits per heavy atom. The second-order valence-corrected chi connectivity index (χ2v) is 3.98. The summed E-state index contributed by atoms with van der Waals surface area (Å²) < 4.78 is 0. The van der Waals surface area contributed by atoms with Crippen LogP contribution in [0.15, 0.2) is 24.3 Å². The molecule has 0 bridgehead atoms. The van der Waals surface area contributed by atoms with Gasteiger partial charge in [-0.15, -0.1) is 0 Å². The highest BCUT2D eigenvalue weighted by Crippen LogP contribution is 2.29. The molecular formula is C12H13N3O. The van der Waals surface area contributed by atoms with Gasteiger partial charge in [-0.25, -0.2) is 9.69 Å². The predicted octanol–water partition coefficient (Wildman–Crippen LogP) is 1.88. The first kappa shape index (κ1) is 10.5. The molecule has 82 valence electrons. The summed E-state index contributed by atoms with van der Waals surface area (Å²) >= 11 is 0. The smallest absolute Gasteiger partial charge is 0.318 e. The van der Waals surface area contributed by atoms with Gasteiger partial charge >= 0.3 is 6.03 Å². The monoisotopic (exact) mass is 215 g/mol. The van der Waals surface area contributed by atoms with Gasteiger partial charge in [-0.1, -0.05) is 24.3 Å². The fourth-order valence-electron chi connectivity index (χ4n) is 2.05. The van der Waals surface area contributed by atoms with Crippen molar-refractivity contribution in [1.29, 1.82) is 5.26 Å². The molecule has 2 amide bonds. The van der Waals surface area contributed by atoms with Crippen LogP contribution in [0.5, 0.6) is 0 Å². The van der Waals surface area contributed by atoms with Gasteiger partial charge in [0.15, 0.2) is 6.19 Å². The van der Waals surface area contributed by atoms with Crippen LogP contribution in [-0.2, 0) is 0 Å². The van der Waals surface area contributed by atoms with Crippen LogP contribution in [0.4, 0.5) is 4.79 Å². The highest BCUT2D eigenvalue weighted by atomic mass is 16.2. The van der Waals surface area contributed by atoms with Crippen molar-refractivity contribution in [3.63, 3.8) is 0 Å². The Bertz CT molecular complexity index is 464. The second kappa shape index (κ2) is 3.86. The molecule has 4 nitrogen and oxygen atoms in total. The molecule has 16 heavy (non-hydrogen) atoms. The molecule has 1 aromatic rings. The van der Waals surface area contributed by atoms with Gasteiger partial charge in [0.2, 0.25) is 0 Å². The van der Waals surface area contributed by atoms with Gasteiger partial charge in [0.05, 0.1) is 12.6 Å². The van der Waals surface area contributed by atoms with Crippen molar-refractivity contribution in [2.75, 3.05) is 13.6 Å². The number of hydrogen-bond donors (Lipinski definition) is 0. The number of benzene rings is 1.